The van der Waals surface area contributed by atoms with Crippen LogP contribution in [-0.4, -0.2) is 75.3 Å². The first-order chi connectivity index (χ1) is 36.4. The number of ether oxygens (including phenoxy) is 2. The van der Waals surface area contributed by atoms with E-state index in [1.54, 1.807) is 0 Å². The molecule has 2 aliphatic rings. The SMILES string of the molecule is Cc1cnn(C)c1-c1cnc2c3ccc(C(C)(C)O)cc3n(C(c3ccc(Cl)cc3)C3CCOCC3)c2c1.Cc1cnn(C)c1-c1cnc2c3ccc(C(C)(C)O)cc3n(C(c3ccc(Cl)cc3)C3CCOCC3)c2c1. The molecule has 392 valence electrons. The summed E-state index contributed by atoms with van der Waals surface area (Å²) in [6.07, 6.45) is 11.5. The molecule has 8 heterocycles. The Labute approximate surface area is 453 Å². The van der Waals surface area contributed by atoms with E-state index in [9.17, 15) is 10.2 Å². The zero-order valence-corrected chi connectivity index (χ0v) is 46.1. The van der Waals surface area contributed by atoms with Gasteiger partial charge < -0.3 is 28.8 Å². The number of halogens is 2. The standard InChI is InChI=1S/2C31H33ClN4O2/c2*1-19-17-34-35(4)29(19)22-15-27-28(33-18-22)25-10-7-23(31(2,3)37)16-26(25)36(27)30(21-11-13-38-14-12-21)20-5-8-24(32)9-6-20/h2*5-10,15-18,21,30,37H,11-14H2,1-4H3. The molecule has 6 aromatic heterocycles. The van der Waals surface area contributed by atoms with Gasteiger partial charge in [-0.05, 0) is 161 Å². The van der Waals surface area contributed by atoms with E-state index in [2.05, 4.69) is 93.8 Å². The van der Waals surface area contributed by atoms with Crippen LogP contribution in [0.3, 0.4) is 0 Å². The van der Waals surface area contributed by atoms with Crippen molar-refractivity contribution in [1.82, 2.24) is 38.7 Å². The summed E-state index contributed by atoms with van der Waals surface area (Å²) in [5.41, 5.74) is 14.8. The molecule has 2 unspecified atom stereocenters. The highest BCUT2D eigenvalue weighted by Gasteiger charge is 2.33. The predicted octanol–water partition coefficient (Wildman–Crippen LogP) is 13.6. The molecule has 12 rings (SSSR count). The predicted molar refractivity (Wildman–Crippen MR) is 305 cm³/mol. The molecule has 10 aromatic rings. The number of nitrogens with zero attached hydrogens (tertiary/aromatic N) is 8. The van der Waals surface area contributed by atoms with E-state index in [1.807, 2.05) is 112 Å². The number of fused-ring (bicyclic) bond motifs is 6. The van der Waals surface area contributed by atoms with E-state index in [0.717, 1.165) is 151 Å². The third-order valence-corrected chi connectivity index (χ3v) is 16.4. The third-order valence-electron chi connectivity index (χ3n) is 15.9. The minimum Gasteiger partial charge on any atom is -0.386 e. The van der Waals surface area contributed by atoms with Gasteiger partial charge >= 0.3 is 0 Å². The number of hydrogen-bond acceptors (Lipinski definition) is 8. The molecule has 0 aliphatic carbocycles. The summed E-state index contributed by atoms with van der Waals surface area (Å²) in [5, 5.41) is 34.4. The maximum absolute atomic E-state index is 10.9. The van der Waals surface area contributed by atoms with Crippen molar-refractivity contribution in [1.29, 1.82) is 0 Å². The molecule has 2 fully saturated rings. The van der Waals surface area contributed by atoms with Crippen LogP contribution < -0.4 is 0 Å². The van der Waals surface area contributed by atoms with Crippen molar-refractivity contribution in [3.8, 4) is 22.5 Å². The molecular weight excluding hydrogens is 992 g/mol. The molecule has 0 amide bonds. The molecule has 4 aromatic carbocycles. The lowest BCUT2D eigenvalue weighted by molar-refractivity contribution is 0.0551. The second-order valence-electron chi connectivity index (χ2n) is 22.0. The minimum atomic E-state index is -0.964. The first-order valence-electron chi connectivity index (χ1n) is 26.4. The summed E-state index contributed by atoms with van der Waals surface area (Å²) in [4.78, 5) is 10.1. The van der Waals surface area contributed by atoms with Crippen molar-refractivity contribution in [2.75, 3.05) is 26.4 Å². The highest BCUT2D eigenvalue weighted by Crippen LogP contribution is 2.45. The third kappa shape index (κ3) is 9.73. The van der Waals surface area contributed by atoms with E-state index in [4.69, 9.17) is 42.6 Å². The molecule has 2 saturated heterocycles. The molecule has 2 N–H and O–H groups in total. The van der Waals surface area contributed by atoms with Gasteiger partial charge in [0.05, 0.1) is 80.2 Å². The summed E-state index contributed by atoms with van der Waals surface area (Å²) in [6, 6.07) is 33.6. The average Bonchev–Trinajstić information content (AvgIpc) is 4.24. The summed E-state index contributed by atoms with van der Waals surface area (Å²) in [7, 11) is 3.94. The zero-order valence-electron chi connectivity index (χ0n) is 44.6. The van der Waals surface area contributed by atoms with Crippen molar-refractivity contribution in [3.05, 3.63) is 165 Å². The number of hydrogen-bond donors (Lipinski definition) is 2. The van der Waals surface area contributed by atoms with Gasteiger partial charge in [0, 0.05) is 84.9 Å². The average molecular weight is 1060 g/mol. The van der Waals surface area contributed by atoms with Crippen LogP contribution in [0.15, 0.2) is 122 Å². The van der Waals surface area contributed by atoms with Crippen LogP contribution in [0.2, 0.25) is 10.0 Å². The van der Waals surface area contributed by atoms with Gasteiger partial charge in [-0.1, -0.05) is 71.7 Å². The molecule has 76 heavy (non-hydrogen) atoms. The topological polar surface area (TPSA) is 130 Å². The van der Waals surface area contributed by atoms with E-state index >= 15 is 0 Å². The fraction of sp³-hybridized carbons (Fsp3) is 0.355. The molecule has 2 atom stereocenters. The van der Waals surface area contributed by atoms with E-state index in [-0.39, 0.29) is 12.1 Å². The summed E-state index contributed by atoms with van der Waals surface area (Å²) < 4.78 is 20.3. The van der Waals surface area contributed by atoms with Crippen LogP contribution in [0.25, 0.3) is 66.4 Å². The number of aliphatic hydroxyl groups is 2. The van der Waals surface area contributed by atoms with Gasteiger partial charge in [0.1, 0.15) is 0 Å². The summed E-state index contributed by atoms with van der Waals surface area (Å²) >= 11 is 12.6. The highest BCUT2D eigenvalue weighted by molar-refractivity contribution is 6.30. The Balaban J connectivity index is 0.000000162. The van der Waals surface area contributed by atoms with Crippen LogP contribution >= 0.6 is 23.2 Å². The molecule has 12 nitrogen and oxygen atoms in total. The number of benzene rings is 4. The van der Waals surface area contributed by atoms with Crippen molar-refractivity contribution in [2.24, 2.45) is 25.9 Å². The normalized spacial score (nSPS) is 15.9. The Hall–Kier alpha value is -6.38. The van der Waals surface area contributed by atoms with Crippen LogP contribution in [-0.2, 0) is 34.8 Å². The molecule has 0 radical (unpaired) electrons. The molecule has 0 saturated carbocycles. The van der Waals surface area contributed by atoms with E-state index in [1.165, 1.54) is 11.1 Å². The van der Waals surface area contributed by atoms with Crippen molar-refractivity contribution >= 4 is 67.1 Å². The maximum Gasteiger partial charge on any atom is 0.0960 e. The minimum absolute atomic E-state index is 0.0536. The van der Waals surface area contributed by atoms with Crippen molar-refractivity contribution < 1.29 is 19.7 Å². The number of rotatable bonds is 10. The smallest absolute Gasteiger partial charge is 0.0960 e. The van der Waals surface area contributed by atoms with Gasteiger partial charge in [0.2, 0.25) is 0 Å². The Morgan fingerprint density at radius 3 is 1.21 bits per heavy atom. The van der Waals surface area contributed by atoms with Crippen LogP contribution in [0.5, 0.6) is 0 Å². The van der Waals surface area contributed by atoms with Gasteiger partial charge in [-0.2, -0.15) is 10.2 Å². The van der Waals surface area contributed by atoms with Gasteiger partial charge in [-0.25, -0.2) is 0 Å². The van der Waals surface area contributed by atoms with Crippen molar-refractivity contribution in [3.63, 3.8) is 0 Å². The monoisotopic (exact) mass is 1060 g/mol. The molecular formula is C62H66Cl2N8O4. The summed E-state index contributed by atoms with van der Waals surface area (Å²) in [6.45, 7) is 14.5. The zero-order chi connectivity index (χ0) is 53.2. The number of aryl methyl sites for hydroxylation is 4. The van der Waals surface area contributed by atoms with Crippen LogP contribution in [0, 0.1) is 25.7 Å². The van der Waals surface area contributed by atoms with Gasteiger partial charge in [-0.3, -0.25) is 19.3 Å². The first-order valence-corrected chi connectivity index (χ1v) is 27.2. The van der Waals surface area contributed by atoms with Crippen LogP contribution in [0.1, 0.15) is 98.8 Å². The fourth-order valence-corrected chi connectivity index (χ4v) is 12.3. The highest BCUT2D eigenvalue weighted by atomic mass is 35.5. The molecule has 0 spiro atoms. The molecule has 2 aliphatic heterocycles. The largest absolute Gasteiger partial charge is 0.386 e. The Bertz CT molecular complexity index is 3450. The van der Waals surface area contributed by atoms with Crippen LogP contribution in [0.4, 0.5) is 0 Å². The van der Waals surface area contributed by atoms with Crippen molar-refractivity contribution in [2.45, 2.75) is 90.5 Å². The van der Waals surface area contributed by atoms with E-state index < -0.39 is 11.2 Å². The van der Waals surface area contributed by atoms with Gasteiger partial charge in [0.15, 0.2) is 0 Å². The lowest BCUT2D eigenvalue weighted by Crippen LogP contribution is -2.27. The van der Waals surface area contributed by atoms with Gasteiger partial charge in [0.25, 0.3) is 0 Å². The quantitative estimate of drug-likeness (QED) is 0.138. The van der Waals surface area contributed by atoms with E-state index in [0.29, 0.717) is 11.8 Å². The van der Waals surface area contributed by atoms with Gasteiger partial charge in [-0.15, -0.1) is 0 Å². The Kier molecular flexibility index (Phi) is 14.0. The lowest BCUT2D eigenvalue weighted by atomic mass is 9.86. The first kappa shape index (κ1) is 51.7. The molecule has 14 heteroatoms. The number of aromatic nitrogens is 8. The Morgan fingerprint density at radius 2 is 0.882 bits per heavy atom. The second-order valence-corrected chi connectivity index (χ2v) is 22.9. The Morgan fingerprint density at radius 1 is 0.513 bits per heavy atom. The summed E-state index contributed by atoms with van der Waals surface area (Å²) in [5.74, 6) is 0.744. The second kappa shape index (κ2) is 20.5. The molecule has 0 bridgehead atoms. The lowest BCUT2D eigenvalue weighted by Gasteiger charge is -2.33. The number of pyridine rings is 2. The maximum atomic E-state index is 10.9. The fourth-order valence-electron chi connectivity index (χ4n) is 12.0.